The number of nitrogens with one attached hydrogen (secondary N) is 2. The Balaban J connectivity index is 2.04. The molecule has 0 saturated carbocycles. The van der Waals surface area contributed by atoms with E-state index < -0.39 is 0 Å². The van der Waals surface area contributed by atoms with Crippen molar-refractivity contribution in [1.82, 2.24) is 5.32 Å². The fourth-order valence-electron chi connectivity index (χ4n) is 2.89. The lowest BCUT2D eigenvalue weighted by atomic mass is 9.81. The second kappa shape index (κ2) is 7.46. The zero-order valence-electron chi connectivity index (χ0n) is 13.1. The Labute approximate surface area is 127 Å². The molecule has 1 fully saturated rings. The zero-order chi connectivity index (χ0) is 15.1. The molecule has 1 aromatic carbocycles. The van der Waals surface area contributed by atoms with Crippen LogP contribution in [-0.4, -0.2) is 25.6 Å². The molecule has 1 aromatic rings. The number of carbonyl (C=O) groups is 1. The van der Waals surface area contributed by atoms with Crippen molar-refractivity contribution in [2.45, 2.75) is 39.5 Å². The third-order valence-corrected chi connectivity index (χ3v) is 4.02. The topological polar surface area (TPSA) is 50.4 Å². The maximum Gasteiger partial charge on any atom is 0.231 e. The predicted octanol–water partition coefficient (Wildman–Crippen LogP) is 3.19. The molecule has 4 nitrogen and oxygen atoms in total. The van der Waals surface area contributed by atoms with Gasteiger partial charge in [0.15, 0.2) is 0 Å². The smallest absolute Gasteiger partial charge is 0.231 e. The Morgan fingerprint density at radius 2 is 2.24 bits per heavy atom. The largest absolute Gasteiger partial charge is 0.494 e. The van der Waals surface area contributed by atoms with Crippen molar-refractivity contribution in [1.29, 1.82) is 0 Å². The van der Waals surface area contributed by atoms with Gasteiger partial charge in [-0.15, -0.1) is 0 Å². The Morgan fingerprint density at radius 1 is 1.38 bits per heavy atom. The standard InChI is InChI=1S/C17H26N2O2/c1-3-8-17(9-10-18-13-17)16(20)19-14-6-5-7-15(12-14)21-11-4-2/h5-7,12,18H,3-4,8-11,13H2,1-2H3,(H,19,20). The van der Waals surface area contributed by atoms with Gasteiger partial charge in [0.05, 0.1) is 12.0 Å². The van der Waals surface area contributed by atoms with Crippen molar-refractivity contribution in [2.75, 3.05) is 25.0 Å². The summed E-state index contributed by atoms with van der Waals surface area (Å²) in [5.74, 6) is 0.936. The van der Waals surface area contributed by atoms with E-state index in [0.29, 0.717) is 6.61 Å². The van der Waals surface area contributed by atoms with Crippen molar-refractivity contribution < 1.29 is 9.53 Å². The molecule has 0 bridgehead atoms. The maximum absolute atomic E-state index is 12.7. The van der Waals surface area contributed by atoms with Crippen LogP contribution in [0.25, 0.3) is 0 Å². The first kappa shape index (κ1) is 15.8. The Hall–Kier alpha value is -1.55. The van der Waals surface area contributed by atoms with Gasteiger partial charge in [0.2, 0.25) is 5.91 Å². The Bertz CT molecular complexity index is 468. The summed E-state index contributed by atoms with van der Waals surface area (Å²) in [6.45, 7) is 6.60. The number of rotatable bonds is 7. The summed E-state index contributed by atoms with van der Waals surface area (Å²) in [6, 6.07) is 7.65. The highest BCUT2D eigenvalue weighted by Gasteiger charge is 2.40. The summed E-state index contributed by atoms with van der Waals surface area (Å²) in [5, 5.41) is 6.39. The number of amides is 1. The van der Waals surface area contributed by atoms with Crippen molar-refractivity contribution in [3.05, 3.63) is 24.3 Å². The minimum absolute atomic E-state index is 0.127. The molecule has 4 heteroatoms. The molecule has 1 atom stereocenters. The molecule has 1 aliphatic heterocycles. The molecule has 0 radical (unpaired) electrons. The number of benzene rings is 1. The highest BCUT2D eigenvalue weighted by Crippen LogP contribution is 2.33. The molecule has 21 heavy (non-hydrogen) atoms. The molecular weight excluding hydrogens is 264 g/mol. The van der Waals surface area contributed by atoms with Gasteiger partial charge in [-0.1, -0.05) is 26.3 Å². The predicted molar refractivity (Wildman–Crippen MR) is 85.7 cm³/mol. The molecule has 1 heterocycles. The van der Waals surface area contributed by atoms with E-state index in [0.717, 1.165) is 50.2 Å². The van der Waals surface area contributed by atoms with Crippen molar-refractivity contribution in [3.63, 3.8) is 0 Å². The molecule has 0 aliphatic carbocycles. The van der Waals surface area contributed by atoms with E-state index in [2.05, 4.69) is 24.5 Å². The fourth-order valence-corrected chi connectivity index (χ4v) is 2.89. The number of hydrogen-bond acceptors (Lipinski definition) is 3. The van der Waals surface area contributed by atoms with Crippen LogP contribution in [-0.2, 0) is 4.79 Å². The average Bonchev–Trinajstić information content (AvgIpc) is 2.96. The van der Waals surface area contributed by atoms with Crippen molar-refractivity contribution in [3.8, 4) is 5.75 Å². The van der Waals surface area contributed by atoms with E-state index in [4.69, 9.17) is 4.74 Å². The monoisotopic (exact) mass is 290 g/mol. The summed E-state index contributed by atoms with van der Waals surface area (Å²) in [7, 11) is 0. The molecule has 0 aromatic heterocycles. The van der Waals surface area contributed by atoms with Gasteiger partial charge in [-0.2, -0.15) is 0 Å². The van der Waals surface area contributed by atoms with Crippen LogP contribution < -0.4 is 15.4 Å². The quantitative estimate of drug-likeness (QED) is 0.811. The van der Waals surface area contributed by atoms with Crippen LogP contribution in [0.3, 0.4) is 0 Å². The van der Waals surface area contributed by atoms with E-state index in [1.165, 1.54) is 0 Å². The van der Waals surface area contributed by atoms with Gasteiger partial charge in [-0.05, 0) is 37.9 Å². The van der Waals surface area contributed by atoms with Crippen LogP contribution in [0.5, 0.6) is 5.75 Å². The lowest BCUT2D eigenvalue weighted by Crippen LogP contribution is -2.38. The molecule has 0 spiro atoms. The van der Waals surface area contributed by atoms with E-state index in [9.17, 15) is 4.79 Å². The zero-order valence-corrected chi connectivity index (χ0v) is 13.1. The molecule has 2 rings (SSSR count). The SMILES string of the molecule is CCCOc1cccc(NC(=O)C2(CCC)CCNC2)c1. The lowest BCUT2D eigenvalue weighted by Gasteiger charge is -2.26. The summed E-state index contributed by atoms with van der Waals surface area (Å²) < 4.78 is 5.61. The van der Waals surface area contributed by atoms with Crippen LogP contribution in [0.2, 0.25) is 0 Å². The molecule has 1 amide bonds. The minimum atomic E-state index is -0.255. The summed E-state index contributed by atoms with van der Waals surface area (Å²) in [5.41, 5.74) is 0.561. The third kappa shape index (κ3) is 3.97. The molecule has 1 saturated heterocycles. The number of anilines is 1. The van der Waals surface area contributed by atoms with Crippen molar-refractivity contribution in [2.24, 2.45) is 5.41 Å². The Morgan fingerprint density at radius 3 is 2.90 bits per heavy atom. The van der Waals surface area contributed by atoms with Gasteiger partial charge in [-0.25, -0.2) is 0 Å². The van der Waals surface area contributed by atoms with Gasteiger partial charge in [-0.3, -0.25) is 4.79 Å². The third-order valence-electron chi connectivity index (χ3n) is 4.02. The fraction of sp³-hybridized carbons (Fsp3) is 0.588. The number of hydrogen-bond donors (Lipinski definition) is 2. The van der Waals surface area contributed by atoms with Gasteiger partial charge in [0.1, 0.15) is 5.75 Å². The van der Waals surface area contributed by atoms with Crippen LogP contribution in [0.4, 0.5) is 5.69 Å². The lowest BCUT2D eigenvalue weighted by molar-refractivity contribution is -0.125. The first-order chi connectivity index (χ1) is 10.2. The first-order valence-corrected chi connectivity index (χ1v) is 7.95. The highest BCUT2D eigenvalue weighted by molar-refractivity contribution is 5.95. The second-order valence-corrected chi connectivity index (χ2v) is 5.79. The van der Waals surface area contributed by atoms with E-state index in [1.54, 1.807) is 0 Å². The van der Waals surface area contributed by atoms with Crippen LogP contribution >= 0.6 is 0 Å². The maximum atomic E-state index is 12.7. The van der Waals surface area contributed by atoms with E-state index in [-0.39, 0.29) is 11.3 Å². The molecule has 1 aliphatic rings. The minimum Gasteiger partial charge on any atom is -0.494 e. The Kier molecular flexibility index (Phi) is 5.62. The molecular formula is C17H26N2O2. The van der Waals surface area contributed by atoms with Crippen LogP contribution in [0.15, 0.2) is 24.3 Å². The molecule has 116 valence electrons. The van der Waals surface area contributed by atoms with Crippen molar-refractivity contribution >= 4 is 11.6 Å². The van der Waals surface area contributed by atoms with Gasteiger partial charge < -0.3 is 15.4 Å². The van der Waals surface area contributed by atoms with E-state index in [1.807, 2.05) is 24.3 Å². The molecule has 1 unspecified atom stereocenters. The highest BCUT2D eigenvalue weighted by atomic mass is 16.5. The number of ether oxygens (including phenoxy) is 1. The summed E-state index contributed by atoms with van der Waals surface area (Å²) in [4.78, 5) is 12.7. The normalized spacial score (nSPS) is 21.2. The van der Waals surface area contributed by atoms with E-state index >= 15 is 0 Å². The number of carbonyl (C=O) groups excluding carboxylic acids is 1. The molecule has 2 N–H and O–H groups in total. The second-order valence-electron chi connectivity index (χ2n) is 5.79. The summed E-state index contributed by atoms with van der Waals surface area (Å²) in [6.07, 6.45) is 3.84. The average molecular weight is 290 g/mol. The van der Waals surface area contributed by atoms with Crippen LogP contribution in [0, 0.1) is 5.41 Å². The van der Waals surface area contributed by atoms with Gasteiger partial charge in [0, 0.05) is 18.3 Å². The summed E-state index contributed by atoms with van der Waals surface area (Å²) >= 11 is 0. The van der Waals surface area contributed by atoms with Crippen LogP contribution in [0.1, 0.15) is 39.5 Å². The first-order valence-electron chi connectivity index (χ1n) is 7.95. The van der Waals surface area contributed by atoms with Gasteiger partial charge in [0.25, 0.3) is 0 Å². The van der Waals surface area contributed by atoms with Gasteiger partial charge >= 0.3 is 0 Å².